The van der Waals surface area contributed by atoms with Crippen molar-refractivity contribution in [3.05, 3.63) is 23.3 Å². The normalized spacial score (nSPS) is 11.8. The summed E-state index contributed by atoms with van der Waals surface area (Å²) in [6, 6.07) is 3.95. The highest BCUT2D eigenvalue weighted by Crippen LogP contribution is 2.30. The summed E-state index contributed by atoms with van der Waals surface area (Å²) in [5.41, 5.74) is 1.69. The number of guanidine groups is 1. The molecule has 1 rings (SSSR count). The molecule has 1 aromatic rings. The molecule has 0 saturated carbocycles. The number of methoxy groups -OCH3 is 2. The van der Waals surface area contributed by atoms with Gasteiger partial charge in [0.2, 0.25) is 5.91 Å². The van der Waals surface area contributed by atoms with E-state index < -0.39 is 5.41 Å². The second kappa shape index (κ2) is 10.0. The second-order valence-electron chi connectivity index (χ2n) is 7.13. The Morgan fingerprint density at radius 3 is 2.30 bits per heavy atom. The van der Waals surface area contributed by atoms with Crippen LogP contribution in [0.1, 0.15) is 31.9 Å². The number of nitrogens with zero attached hydrogens (tertiary/aromatic N) is 2. The van der Waals surface area contributed by atoms with Gasteiger partial charge in [0, 0.05) is 33.7 Å². The number of rotatable bonds is 8. The summed E-state index contributed by atoms with van der Waals surface area (Å²) in [7, 11) is 6.96. The molecule has 0 atom stereocenters. The van der Waals surface area contributed by atoms with Crippen molar-refractivity contribution in [1.29, 1.82) is 0 Å². The molecule has 0 aliphatic carbocycles. The third-order valence-corrected chi connectivity index (χ3v) is 4.46. The molecule has 0 heterocycles. The Balaban J connectivity index is 2.85. The molecule has 0 unspecified atom stereocenters. The van der Waals surface area contributed by atoms with Gasteiger partial charge in [0.25, 0.3) is 0 Å². The number of amides is 1. The number of benzene rings is 1. The number of hydrogen-bond acceptors (Lipinski definition) is 4. The number of carbonyl (C=O) groups is 1. The molecule has 0 spiro atoms. The zero-order valence-corrected chi connectivity index (χ0v) is 17.9. The predicted molar refractivity (Wildman–Crippen MR) is 110 cm³/mol. The fourth-order valence-electron chi connectivity index (χ4n) is 2.69. The van der Waals surface area contributed by atoms with Crippen molar-refractivity contribution in [3.63, 3.8) is 0 Å². The van der Waals surface area contributed by atoms with Crippen LogP contribution in [0.4, 0.5) is 0 Å². The van der Waals surface area contributed by atoms with Crippen molar-refractivity contribution < 1.29 is 14.3 Å². The molecule has 0 aliphatic rings. The molecule has 0 radical (unpaired) electrons. The zero-order chi connectivity index (χ0) is 20.6. The molecule has 7 nitrogen and oxygen atoms in total. The van der Waals surface area contributed by atoms with E-state index in [2.05, 4.69) is 15.6 Å². The van der Waals surface area contributed by atoms with Gasteiger partial charge >= 0.3 is 0 Å². The number of aryl methyl sites for hydroxylation is 1. The van der Waals surface area contributed by atoms with Crippen LogP contribution in [-0.2, 0) is 11.3 Å². The van der Waals surface area contributed by atoms with Crippen molar-refractivity contribution in [3.8, 4) is 11.5 Å². The molecule has 27 heavy (non-hydrogen) atoms. The van der Waals surface area contributed by atoms with Crippen LogP contribution < -0.4 is 20.1 Å². The first-order valence-electron chi connectivity index (χ1n) is 9.11. The van der Waals surface area contributed by atoms with Crippen LogP contribution in [0, 0.1) is 12.3 Å². The number of nitrogens with one attached hydrogen (secondary N) is 2. The van der Waals surface area contributed by atoms with Crippen molar-refractivity contribution in [2.75, 3.05) is 41.4 Å². The zero-order valence-electron chi connectivity index (χ0n) is 17.9. The first-order chi connectivity index (χ1) is 12.7. The average molecular weight is 379 g/mol. The quantitative estimate of drug-likeness (QED) is 0.536. The molecule has 0 aliphatic heterocycles. The van der Waals surface area contributed by atoms with Crippen LogP contribution in [-0.4, -0.2) is 58.2 Å². The molecule has 2 N–H and O–H groups in total. The molecule has 0 fully saturated rings. The van der Waals surface area contributed by atoms with Gasteiger partial charge in [-0.2, -0.15) is 0 Å². The van der Waals surface area contributed by atoms with Gasteiger partial charge in [-0.25, -0.2) is 0 Å². The average Bonchev–Trinajstić information content (AvgIpc) is 2.63. The fourth-order valence-corrected chi connectivity index (χ4v) is 2.69. The summed E-state index contributed by atoms with van der Waals surface area (Å²) in [6.45, 7) is 9.54. The van der Waals surface area contributed by atoms with E-state index >= 15 is 0 Å². The summed E-state index contributed by atoms with van der Waals surface area (Å²) >= 11 is 0. The molecule has 152 valence electrons. The monoisotopic (exact) mass is 378 g/mol. The Bertz CT molecular complexity index is 671. The maximum atomic E-state index is 12.2. The predicted octanol–water partition coefficient (Wildman–Crippen LogP) is 2.18. The van der Waals surface area contributed by atoms with Crippen molar-refractivity contribution in [1.82, 2.24) is 15.5 Å². The van der Waals surface area contributed by atoms with E-state index in [0.717, 1.165) is 17.1 Å². The van der Waals surface area contributed by atoms with E-state index in [1.807, 2.05) is 51.8 Å². The Labute approximate surface area is 163 Å². The SMILES string of the molecule is CCNC(=O)C(C)(C)CNC(=NC)N(C)Cc1cc(OC)c(OC)cc1C. The lowest BCUT2D eigenvalue weighted by Gasteiger charge is -2.28. The first kappa shape index (κ1) is 22.6. The molecule has 0 aromatic heterocycles. The van der Waals surface area contributed by atoms with Gasteiger partial charge in [-0.1, -0.05) is 0 Å². The van der Waals surface area contributed by atoms with Crippen molar-refractivity contribution in [2.24, 2.45) is 10.4 Å². The van der Waals surface area contributed by atoms with Crippen LogP contribution >= 0.6 is 0 Å². The van der Waals surface area contributed by atoms with Gasteiger partial charge in [-0.3, -0.25) is 9.79 Å². The summed E-state index contributed by atoms with van der Waals surface area (Å²) < 4.78 is 10.8. The highest BCUT2D eigenvalue weighted by atomic mass is 16.5. The van der Waals surface area contributed by atoms with Gasteiger partial charge in [0.15, 0.2) is 17.5 Å². The van der Waals surface area contributed by atoms with Crippen molar-refractivity contribution in [2.45, 2.75) is 34.2 Å². The fraction of sp³-hybridized carbons (Fsp3) is 0.600. The summed E-state index contributed by atoms with van der Waals surface area (Å²) in [4.78, 5) is 18.5. The van der Waals surface area contributed by atoms with Crippen LogP contribution in [0.25, 0.3) is 0 Å². The van der Waals surface area contributed by atoms with Gasteiger partial charge in [-0.15, -0.1) is 0 Å². The highest BCUT2D eigenvalue weighted by molar-refractivity contribution is 5.84. The molecule has 1 aromatic carbocycles. The van der Waals surface area contributed by atoms with Crippen LogP contribution in [0.3, 0.4) is 0 Å². The lowest BCUT2D eigenvalue weighted by atomic mass is 9.92. The molecular formula is C20H34N4O3. The van der Waals surface area contributed by atoms with Crippen LogP contribution in [0.5, 0.6) is 11.5 Å². The van der Waals surface area contributed by atoms with Crippen LogP contribution in [0.15, 0.2) is 17.1 Å². The third kappa shape index (κ3) is 6.05. The smallest absolute Gasteiger partial charge is 0.227 e. The number of hydrogen-bond donors (Lipinski definition) is 2. The number of ether oxygens (including phenoxy) is 2. The maximum Gasteiger partial charge on any atom is 0.227 e. The third-order valence-electron chi connectivity index (χ3n) is 4.46. The lowest BCUT2D eigenvalue weighted by Crippen LogP contribution is -2.48. The lowest BCUT2D eigenvalue weighted by molar-refractivity contribution is -0.128. The minimum Gasteiger partial charge on any atom is -0.493 e. The number of aliphatic imine (C=N–C) groups is 1. The minimum absolute atomic E-state index is 0.0198. The highest BCUT2D eigenvalue weighted by Gasteiger charge is 2.27. The van der Waals surface area contributed by atoms with E-state index in [9.17, 15) is 4.79 Å². The number of carbonyl (C=O) groups excluding carboxylic acids is 1. The molecule has 1 amide bonds. The second-order valence-corrected chi connectivity index (χ2v) is 7.13. The van der Waals surface area contributed by atoms with E-state index in [1.54, 1.807) is 21.3 Å². The van der Waals surface area contributed by atoms with Crippen LogP contribution in [0.2, 0.25) is 0 Å². The van der Waals surface area contributed by atoms with E-state index in [-0.39, 0.29) is 5.91 Å². The van der Waals surface area contributed by atoms with E-state index in [0.29, 0.717) is 31.1 Å². The first-order valence-corrected chi connectivity index (χ1v) is 9.11. The summed E-state index contributed by atoms with van der Waals surface area (Å²) in [5.74, 6) is 2.16. The van der Waals surface area contributed by atoms with Gasteiger partial charge < -0.3 is 25.0 Å². The molecule has 0 saturated heterocycles. The molecule has 0 bridgehead atoms. The molecule has 7 heteroatoms. The van der Waals surface area contributed by atoms with Gasteiger partial charge in [0.05, 0.1) is 19.6 Å². The Hall–Kier alpha value is -2.44. The standard InChI is InChI=1S/C20H34N4O3/c1-9-22-18(25)20(3,4)13-23-19(21-5)24(6)12-15-11-17(27-8)16(26-7)10-14(15)2/h10-11H,9,12-13H2,1-8H3,(H,21,23)(H,22,25). The Morgan fingerprint density at radius 2 is 1.78 bits per heavy atom. The van der Waals surface area contributed by atoms with E-state index in [4.69, 9.17) is 9.47 Å². The largest absolute Gasteiger partial charge is 0.493 e. The van der Waals surface area contributed by atoms with Crippen molar-refractivity contribution >= 4 is 11.9 Å². The Morgan fingerprint density at radius 1 is 1.19 bits per heavy atom. The minimum atomic E-state index is -0.536. The summed E-state index contributed by atoms with van der Waals surface area (Å²) in [5, 5.41) is 6.17. The molecular weight excluding hydrogens is 344 g/mol. The van der Waals surface area contributed by atoms with Gasteiger partial charge in [0.1, 0.15) is 0 Å². The van der Waals surface area contributed by atoms with Gasteiger partial charge in [-0.05, 0) is 51.0 Å². The maximum absolute atomic E-state index is 12.2. The summed E-state index contributed by atoms with van der Waals surface area (Å²) in [6.07, 6.45) is 0. The Kier molecular flexibility index (Phi) is 8.40. The van der Waals surface area contributed by atoms with E-state index in [1.165, 1.54) is 0 Å². The topological polar surface area (TPSA) is 75.2 Å².